The van der Waals surface area contributed by atoms with Crippen LogP contribution in [0.2, 0.25) is 0 Å². The van der Waals surface area contributed by atoms with Gasteiger partial charge < -0.3 is 10.2 Å². The molecule has 0 radical (unpaired) electrons. The standard InChI is InChI=1S/C16H34N2/c1-14(2)18(4)13-9-8-12-17-15(3)16-10-6-5-7-11-16/h14-17H,5-13H2,1-4H3. The van der Waals surface area contributed by atoms with Crippen molar-refractivity contribution in [3.8, 4) is 0 Å². The van der Waals surface area contributed by atoms with Gasteiger partial charge in [-0.05, 0) is 72.5 Å². The summed E-state index contributed by atoms with van der Waals surface area (Å²) in [6.45, 7) is 9.35. The van der Waals surface area contributed by atoms with Crippen molar-refractivity contribution < 1.29 is 0 Å². The molecule has 2 heteroatoms. The van der Waals surface area contributed by atoms with Crippen LogP contribution in [0.3, 0.4) is 0 Å². The molecule has 108 valence electrons. The first-order chi connectivity index (χ1) is 8.61. The first kappa shape index (κ1) is 16.0. The second kappa shape index (κ2) is 8.92. The van der Waals surface area contributed by atoms with Crippen molar-refractivity contribution in [1.29, 1.82) is 0 Å². The Morgan fingerprint density at radius 2 is 1.72 bits per heavy atom. The van der Waals surface area contributed by atoms with Gasteiger partial charge in [0.1, 0.15) is 0 Å². The van der Waals surface area contributed by atoms with Gasteiger partial charge in [-0.15, -0.1) is 0 Å². The quantitative estimate of drug-likeness (QED) is 0.665. The summed E-state index contributed by atoms with van der Waals surface area (Å²) < 4.78 is 0. The highest BCUT2D eigenvalue weighted by Crippen LogP contribution is 2.26. The van der Waals surface area contributed by atoms with E-state index in [0.29, 0.717) is 6.04 Å². The van der Waals surface area contributed by atoms with Crippen LogP contribution in [0, 0.1) is 5.92 Å². The zero-order chi connectivity index (χ0) is 13.4. The van der Waals surface area contributed by atoms with Crippen LogP contribution in [0.25, 0.3) is 0 Å². The molecule has 1 saturated carbocycles. The Bertz CT molecular complexity index is 197. The van der Waals surface area contributed by atoms with Crippen LogP contribution in [0.4, 0.5) is 0 Å². The average Bonchev–Trinajstić information content (AvgIpc) is 2.38. The maximum Gasteiger partial charge on any atom is 0.00669 e. The summed E-state index contributed by atoms with van der Waals surface area (Å²) in [6, 6.07) is 1.41. The van der Waals surface area contributed by atoms with Crippen LogP contribution < -0.4 is 5.32 Å². The van der Waals surface area contributed by atoms with Gasteiger partial charge in [0.15, 0.2) is 0 Å². The molecule has 1 unspecified atom stereocenters. The van der Waals surface area contributed by atoms with Gasteiger partial charge in [0.2, 0.25) is 0 Å². The number of unbranched alkanes of at least 4 members (excludes halogenated alkanes) is 1. The molecule has 0 heterocycles. The zero-order valence-corrected chi connectivity index (χ0v) is 13.0. The van der Waals surface area contributed by atoms with Crippen molar-refractivity contribution in [2.75, 3.05) is 20.1 Å². The molecule has 2 nitrogen and oxygen atoms in total. The molecular weight excluding hydrogens is 220 g/mol. The van der Waals surface area contributed by atoms with Crippen LogP contribution in [-0.2, 0) is 0 Å². The fraction of sp³-hybridized carbons (Fsp3) is 1.00. The third-order valence-electron chi connectivity index (χ3n) is 4.64. The van der Waals surface area contributed by atoms with Crippen LogP contribution in [0.5, 0.6) is 0 Å². The third-order valence-corrected chi connectivity index (χ3v) is 4.64. The highest BCUT2D eigenvalue weighted by molar-refractivity contribution is 4.75. The van der Waals surface area contributed by atoms with Crippen LogP contribution in [0.15, 0.2) is 0 Å². The number of hydrogen-bond acceptors (Lipinski definition) is 2. The van der Waals surface area contributed by atoms with Crippen molar-refractivity contribution in [1.82, 2.24) is 10.2 Å². The van der Waals surface area contributed by atoms with Crippen molar-refractivity contribution >= 4 is 0 Å². The Balaban J connectivity index is 1.99. The third kappa shape index (κ3) is 6.19. The first-order valence-electron chi connectivity index (χ1n) is 8.05. The van der Waals surface area contributed by atoms with Crippen LogP contribution in [-0.4, -0.2) is 37.1 Å². The summed E-state index contributed by atoms with van der Waals surface area (Å²) >= 11 is 0. The van der Waals surface area contributed by atoms with E-state index in [4.69, 9.17) is 0 Å². The van der Waals surface area contributed by atoms with E-state index in [1.807, 2.05) is 0 Å². The fourth-order valence-electron chi connectivity index (χ4n) is 2.87. The maximum atomic E-state index is 3.74. The molecule has 1 aliphatic rings. The Hall–Kier alpha value is -0.0800. The zero-order valence-electron chi connectivity index (χ0n) is 13.0. The molecule has 0 aromatic rings. The largest absolute Gasteiger partial charge is 0.314 e. The molecule has 0 aromatic carbocycles. The van der Waals surface area contributed by atoms with Gasteiger partial charge in [-0.3, -0.25) is 0 Å². The minimum absolute atomic E-state index is 0.680. The van der Waals surface area contributed by atoms with E-state index in [0.717, 1.165) is 12.0 Å². The lowest BCUT2D eigenvalue weighted by molar-refractivity contribution is 0.260. The van der Waals surface area contributed by atoms with Crippen molar-refractivity contribution in [3.63, 3.8) is 0 Å². The molecule has 0 spiro atoms. The van der Waals surface area contributed by atoms with Gasteiger partial charge in [0, 0.05) is 12.1 Å². The predicted molar refractivity (Wildman–Crippen MR) is 81.0 cm³/mol. The van der Waals surface area contributed by atoms with E-state index >= 15 is 0 Å². The lowest BCUT2D eigenvalue weighted by Gasteiger charge is -2.28. The topological polar surface area (TPSA) is 15.3 Å². The Labute approximate surface area is 115 Å². The molecule has 1 fully saturated rings. The molecule has 0 saturated heterocycles. The first-order valence-corrected chi connectivity index (χ1v) is 8.05. The minimum atomic E-state index is 0.680. The van der Waals surface area contributed by atoms with E-state index < -0.39 is 0 Å². The van der Waals surface area contributed by atoms with E-state index in [1.165, 1.54) is 58.0 Å². The summed E-state index contributed by atoms with van der Waals surface area (Å²) in [6.07, 6.45) is 9.90. The molecular formula is C16H34N2. The molecule has 18 heavy (non-hydrogen) atoms. The number of nitrogens with zero attached hydrogens (tertiary/aromatic N) is 1. The normalized spacial score (nSPS) is 19.7. The fourth-order valence-corrected chi connectivity index (χ4v) is 2.87. The number of nitrogens with one attached hydrogen (secondary N) is 1. The molecule has 1 aliphatic carbocycles. The SMILES string of the molecule is CC(NCCCCN(C)C(C)C)C1CCCCC1. The van der Waals surface area contributed by atoms with Gasteiger partial charge in [0.05, 0.1) is 0 Å². The molecule has 1 N–H and O–H groups in total. The van der Waals surface area contributed by atoms with Gasteiger partial charge in [-0.25, -0.2) is 0 Å². The van der Waals surface area contributed by atoms with Gasteiger partial charge in [-0.1, -0.05) is 19.3 Å². The minimum Gasteiger partial charge on any atom is -0.314 e. The highest BCUT2D eigenvalue weighted by Gasteiger charge is 2.19. The monoisotopic (exact) mass is 254 g/mol. The van der Waals surface area contributed by atoms with Crippen molar-refractivity contribution in [2.45, 2.75) is 77.8 Å². The Kier molecular flexibility index (Phi) is 7.92. The summed E-state index contributed by atoms with van der Waals surface area (Å²) in [7, 11) is 2.22. The van der Waals surface area contributed by atoms with Crippen molar-refractivity contribution in [3.05, 3.63) is 0 Å². The van der Waals surface area contributed by atoms with Crippen LogP contribution in [0.1, 0.15) is 65.7 Å². The second-order valence-electron chi connectivity index (χ2n) is 6.42. The summed E-state index contributed by atoms with van der Waals surface area (Å²) in [5, 5.41) is 3.74. The van der Waals surface area contributed by atoms with Crippen molar-refractivity contribution in [2.24, 2.45) is 5.92 Å². The molecule has 0 bridgehead atoms. The summed E-state index contributed by atoms with van der Waals surface area (Å²) in [5.74, 6) is 0.942. The smallest absolute Gasteiger partial charge is 0.00669 e. The lowest BCUT2D eigenvalue weighted by atomic mass is 9.84. The lowest BCUT2D eigenvalue weighted by Crippen LogP contribution is -2.35. The predicted octanol–water partition coefficient (Wildman–Crippen LogP) is 3.67. The Morgan fingerprint density at radius 3 is 2.33 bits per heavy atom. The molecule has 0 aromatic heterocycles. The van der Waals surface area contributed by atoms with E-state index in [2.05, 4.69) is 38.0 Å². The van der Waals surface area contributed by atoms with Gasteiger partial charge >= 0.3 is 0 Å². The molecule has 0 amide bonds. The summed E-state index contributed by atoms with van der Waals surface area (Å²) in [5.41, 5.74) is 0. The number of rotatable bonds is 8. The highest BCUT2D eigenvalue weighted by atomic mass is 15.1. The maximum absolute atomic E-state index is 3.74. The average molecular weight is 254 g/mol. The molecule has 0 aliphatic heterocycles. The summed E-state index contributed by atoms with van der Waals surface area (Å²) in [4.78, 5) is 2.44. The molecule has 1 atom stereocenters. The second-order valence-corrected chi connectivity index (χ2v) is 6.42. The Morgan fingerprint density at radius 1 is 1.06 bits per heavy atom. The van der Waals surface area contributed by atoms with E-state index in [-0.39, 0.29) is 0 Å². The van der Waals surface area contributed by atoms with Gasteiger partial charge in [0.25, 0.3) is 0 Å². The van der Waals surface area contributed by atoms with Crippen LogP contribution >= 0.6 is 0 Å². The van der Waals surface area contributed by atoms with E-state index in [9.17, 15) is 0 Å². The van der Waals surface area contributed by atoms with E-state index in [1.54, 1.807) is 0 Å². The molecule has 1 rings (SSSR count). The number of hydrogen-bond donors (Lipinski definition) is 1. The van der Waals surface area contributed by atoms with Gasteiger partial charge in [-0.2, -0.15) is 0 Å².